The number of rotatable bonds is 6. The first-order chi connectivity index (χ1) is 14.7. The van der Waals surface area contributed by atoms with Crippen LogP contribution in [-0.4, -0.2) is 38.7 Å². The molecule has 0 spiro atoms. The van der Waals surface area contributed by atoms with Gasteiger partial charge >= 0.3 is 11.9 Å². The summed E-state index contributed by atoms with van der Waals surface area (Å²) >= 11 is 0. The second-order valence-electron chi connectivity index (χ2n) is 5.92. The molecule has 0 aromatic carbocycles. The van der Waals surface area contributed by atoms with Crippen molar-refractivity contribution >= 4 is 23.8 Å². The summed E-state index contributed by atoms with van der Waals surface area (Å²) in [7, 11) is 0. The predicted molar refractivity (Wildman–Crippen MR) is 102 cm³/mol. The number of carbonyl (C=O) groups excluding carboxylic acids is 4. The van der Waals surface area contributed by atoms with Gasteiger partial charge in [0.15, 0.2) is 5.43 Å². The molecular formula is C19H13N5O7. The molecule has 2 amide bonds. The predicted octanol–water partition coefficient (Wildman–Crippen LogP) is -0.199. The fourth-order valence-electron chi connectivity index (χ4n) is 2.24. The Morgan fingerprint density at radius 1 is 0.742 bits per heavy atom. The van der Waals surface area contributed by atoms with Crippen LogP contribution in [0.1, 0.15) is 41.7 Å². The first-order valence-electron chi connectivity index (χ1n) is 8.43. The molecule has 3 aromatic rings. The van der Waals surface area contributed by atoms with E-state index in [-0.39, 0.29) is 34.3 Å². The van der Waals surface area contributed by atoms with E-state index in [0.29, 0.717) is 0 Å². The largest absolute Gasteiger partial charge is 0.403 e. The summed E-state index contributed by atoms with van der Waals surface area (Å²) in [6, 6.07) is 6.88. The summed E-state index contributed by atoms with van der Waals surface area (Å²) in [6.07, 6.45) is 2.22. The minimum absolute atomic E-state index is 0.107. The number of esters is 2. The number of nitrogens with zero attached hydrogens (tertiary/aromatic N) is 2. The lowest BCUT2D eigenvalue weighted by atomic mass is 10.2. The van der Waals surface area contributed by atoms with Crippen LogP contribution in [0, 0.1) is 0 Å². The molecule has 12 heteroatoms. The highest BCUT2D eigenvalue weighted by Gasteiger charge is 2.17. The Morgan fingerprint density at radius 2 is 1.16 bits per heavy atom. The smallest absolute Gasteiger partial charge is 0.361 e. The number of aromatic amines is 1. The van der Waals surface area contributed by atoms with Gasteiger partial charge in [-0.2, -0.15) is 0 Å². The molecule has 156 valence electrons. The van der Waals surface area contributed by atoms with Gasteiger partial charge in [-0.25, -0.2) is 19.6 Å². The van der Waals surface area contributed by atoms with Gasteiger partial charge in [-0.15, -0.1) is 0 Å². The van der Waals surface area contributed by atoms with Crippen molar-refractivity contribution in [3.63, 3.8) is 0 Å². The first kappa shape index (κ1) is 20.9. The number of ether oxygens (including phenoxy) is 2. The standard InChI is InChI=1S/C19H13N5O7/c20-16(26)9-1-3-14(22-7-9)30-18(28)12-5-11(25)6-13(24-12)19(29)31-15-4-2-10(8-23-15)17(21)27/h1-8H,(H2,20,26)(H2,21,27)(H,24,25). The van der Waals surface area contributed by atoms with E-state index in [1.807, 2.05) is 0 Å². The lowest BCUT2D eigenvalue weighted by molar-refractivity contribution is 0.0714. The fourth-order valence-corrected chi connectivity index (χ4v) is 2.24. The number of carbonyl (C=O) groups is 4. The van der Waals surface area contributed by atoms with Crippen LogP contribution in [0.5, 0.6) is 11.8 Å². The number of nitrogens with two attached hydrogens (primary N) is 2. The van der Waals surface area contributed by atoms with Gasteiger partial charge in [0.2, 0.25) is 23.6 Å². The second-order valence-corrected chi connectivity index (χ2v) is 5.92. The number of pyridine rings is 3. The van der Waals surface area contributed by atoms with E-state index in [4.69, 9.17) is 20.9 Å². The molecule has 0 unspecified atom stereocenters. The van der Waals surface area contributed by atoms with Crippen molar-refractivity contribution in [3.05, 3.63) is 81.5 Å². The number of aromatic nitrogens is 3. The molecule has 3 rings (SSSR count). The maximum Gasteiger partial charge on any atom is 0.361 e. The zero-order valence-electron chi connectivity index (χ0n) is 15.5. The van der Waals surface area contributed by atoms with E-state index in [1.54, 1.807) is 0 Å². The Labute approximate surface area is 172 Å². The van der Waals surface area contributed by atoms with Crippen molar-refractivity contribution in [2.45, 2.75) is 0 Å². The highest BCUT2D eigenvalue weighted by atomic mass is 16.5. The molecule has 0 radical (unpaired) electrons. The molecule has 0 saturated carbocycles. The van der Waals surface area contributed by atoms with Gasteiger partial charge in [-0.05, 0) is 12.1 Å². The lowest BCUT2D eigenvalue weighted by Gasteiger charge is -2.07. The van der Waals surface area contributed by atoms with Crippen LogP contribution >= 0.6 is 0 Å². The minimum Gasteiger partial charge on any atom is -0.403 e. The van der Waals surface area contributed by atoms with Gasteiger partial charge < -0.3 is 25.9 Å². The summed E-state index contributed by atoms with van der Waals surface area (Å²) in [5, 5.41) is 0. The first-order valence-corrected chi connectivity index (χ1v) is 8.43. The molecule has 31 heavy (non-hydrogen) atoms. The third kappa shape index (κ3) is 5.14. The highest BCUT2D eigenvalue weighted by molar-refractivity contribution is 5.94. The molecular weight excluding hydrogens is 410 g/mol. The van der Waals surface area contributed by atoms with Crippen LogP contribution in [0.4, 0.5) is 0 Å². The molecule has 0 aliphatic rings. The molecule has 5 N–H and O–H groups in total. The summed E-state index contributed by atoms with van der Waals surface area (Å²) in [5.74, 6) is -3.78. The molecule has 12 nitrogen and oxygen atoms in total. The van der Waals surface area contributed by atoms with Crippen molar-refractivity contribution in [2.24, 2.45) is 11.5 Å². The van der Waals surface area contributed by atoms with E-state index >= 15 is 0 Å². The summed E-state index contributed by atoms with van der Waals surface area (Å²) in [5.41, 5.74) is 9.04. The Hall–Kier alpha value is -4.87. The molecule has 0 fully saturated rings. The second kappa shape index (κ2) is 8.65. The number of amides is 2. The fraction of sp³-hybridized carbons (Fsp3) is 0. The molecule has 0 aliphatic heterocycles. The van der Waals surface area contributed by atoms with E-state index in [0.717, 1.165) is 24.5 Å². The molecule has 3 heterocycles. The maximum atomic E-state index is 12.3. The summed E-state index contributed by atoms with van der Waals surface area (Å²) in [4.78, 5) is 68.5. The van der Waals surface area contributed by atoms with Crippen LogP contribution in [0.25, 0.3) is 0 Å². The van der Waals surface area contributed by atoms with Gasteiger partial charge in [0, 0.05) is 36.7 Å². The minimum atomic E-state index is -1.02. The average Bonchev–Trinajstić information content (AvgIpc) is 2.74. The van der Waals surface area contributed by atoms with Crippen LogP contribution in [-0.2, 0) is 0 Å². The van der Waals surface area contributed by atoms with Crippen molar-refractivity contribution in [1.29, 1.82) is 0 Å². The number of hydrogen-bond acceptors (Lipinski definition) is 9. The van der Waals surface area contributed by atoms with Crippen molar-refractivity contribution in [2.75, 3.05) is 0 Å². The molecule has 3 aromatic heterocycles. The topological polar surface area (TPSA) is 197 Å². The maximum absolute atomic E-state index is 12.3. The summed E-state index contributed by atoms with van der Waals surface area (Å²) in [6.45, 7) is 0. The third-order valence-electron chi connectivity index (χ3n) is 3.72. The summed E-state index contributed by atoms with van der Waals surface area (Å²) < 4.78 is 10.00. The van der Waals surface area contributed by atoms with Gasteiger partial charge in [-0.3, -0.25) is 14.4 Å². The van der Waals surface area contributed by atoms with Crippen LogP contribution in [0.15, 0.2) is 53.6 Å². The number of primary amides is 2. The normalized spacial score (nSPS) is 10.2. The van der Waals surface area contributed by atoms with Crippen molar-refractivity contribution in [1.82, 2.24) is 15.0 Å². The van der Waals surface area contributed by atoms with E-state index in [9.17, 15) is 24.0 Å². The van der Waals surface area contributed by atoms with E-state index in [2.05, 4.69) is 15.0 Å². The van der Waals surface area contributed by atoms with Gasteiger partial charge in [0.25, 0.3) is 0 Å². The van der Waals surface area contributed by atoms with Crippen molar-refractivity contribution < 1.29 is 28.7 Å². The zero-order valence-corrected chi connectivity index (χ0v) is 15.5. The average molecular weight is 423 g/mol. The number of nitrogens with one attached hydrogen (secondary N) is 1. The molecule has 0 aliphatic carbocycles. The van der Waals surface area contributed by atoms with Gasteiger partial charge in [0.05, 0.1) is 11.1 Å². The Morgan fingerprint density at radius 3 is 1.48 bits per heavy atom. The Bertz CT molecular complexity index is 1140. The van der Waals surface area contributed by atoms with Crippen LogP contribution in [0.3, 0.4) is 0 Å². The molecule has 0 bridgehead atoms. The zero-order chi connectivity index (χ0) is 22.5. The number of H-pyrrole nitrogens is 1. The SMILES string of the molecule is NC(=O)c1ccc(OC(=O)c2cc(=O)cc(C(=O)Oc3ccc(C(N)=O)cn3)[nH]2)nc1. The highest BCUT2D eigenvalue weighted by Crippen LogP contribution is 2.11. The van der Waals surface area contributed by atoms with E-state index in [1.165, 1.54) is 24.3 Å². The lowest BCUT2D eigenvalue weighted by Crippen LogP contribution is -2.20. The van der Waals surface area contributed by atoms with Gasteiger partial charge in [-0.1, -0.05) is 0 Å². The van der Waals surface area contributed by atoms with Gasteiger partial charge in [0.1, 0.15) is 11.4 Å². The molecule has 0 saturated heterocycles. The Kier molecular flexibility index (Phi) is 5.82. The quantitative estimate of drug-likeness (QED) is 0.449. The van der Waals surface area contributed by atoms with Crippen LogP contribution < -0.4 is 26.4 Å². The monoisotopic (exact) mass is 423 g/mol. The third-order valence-corrected chi connectivity index (χ3v) is 3.72. The van der Waals surface area contributed by atoms with Crippen molar-refractivity contribution in [3.8, 4) is 11.8 Å². The van der Waals surface area contributed by atoms with Crippen LogP contribution in [0.2, 0.25) is 0 Å². The Balaban J connectivity index is 1.76. The molecule has 0 atom stereocenters. The number of hydrogen-bond donors (Lipinski definition) is 3. The van der Waals surface area contributed by atoms with E-state index < -0.39 is 29.2 Å².